The highest BCUT2D eigenvalue weighted by Gasteiger charge is 2.31. The normalized spacial score (nSPS) is 19.8. The van der Waals surface area contributed by atoms with Crippen LogP contribution in [0.3, 0.4) is 0 Å². The van der Waals surface area contributed by atoms with Gasteiger partial charge in [-0.05, 0) is 31.0 Å². The van der Waals surface area contributed by atoms with Crippen LogP contribution < -0.4 is 14.8 Å². The van der Waals surface area contributed by atoms with E-state index in [1.54, 1.807) is 0 Å². The highest BCUT2D eigenvalue weighted by Crippen LogP contribution is 2.31. The quantitative estimate of drug-likeness (QED) is 0.730. The topological polar surface area (TPSA) is 122 Å². The number of hydrogen-bond donors (Lipinski definition) is 2. The van der Waals surface area contributed by atoms with E-state index in [0.29, 0.717) is 24.3 Å². The zero-order chi connectivity index (χ0) is 18.2. The first-order chi connectivity index (χ1) is 11.6. The van der Waals surface area contributed by atoms with Crippen LogP contribution >= 0.6 is 0 Å². The van der Waals surface area contributed by atoms with Crippen LogP contribution in [0.4, 0.5) is 5.69 Å². The summed E-state index contributed by atoms with van der Waals surface area (Å²) in [5.41, 5.74) is 0.325. The molecule has 1 fully saturated rings. The molecule has 3 rings (SSSR count). The number of carbonyl (C=O) groups is 1. The molecule has 0 atom stereocenters. The minimum atomic E-state index is -3.73. The van der Waals surface area contributed by atoms with Crippen molar-refractivity contribution in [3.63, 3.8) is 0 Å². The van der Waals surface area contributed by atoms with Gasteiger partial charge in [-0.2, -0.15) is 4.31 Å². The largest absolute Gasteiger partial charge is 0.482 e. The third-order valence-electron chi connectivity index (χ3n) is 4.06. The lowest BCUT2D eigenvalue weighted by Crippen LogP contribution is -2.46. The minimum absolute atomic E-state index is 0.0616. The standard InChI is InChI=1S/C14H19N3O6S2/c1-24(19,20)16-10-4-6-17(7-5-10)25(21,22)11-2-3-13-12(8-11)15-14(18)9-23-13/h2-3,8,10,16H,4-7,9H2,1H3,(H,15,18). The number of rotatable bonds is 4. The van der Waals surface area contributed by atoms with Crippen molar-refractivity contribution in [2.75, 3.05) is 31.3 Å². The summed E-state index contributed by atoms with van der Waals surface area (Å²) in [6.07, 6.45) is 1.88. The fourth-order valence-electron chi connectivity index (χ4n) is 2.89. The maximum Gasteiger partial charge on any atom is 0.262 e. The third kappa shape index (κ3) is 4.11. The van der Waals surface area contributed by atoms with Crippen molar-refractivity contribution in [2.24, 2.45) is 0 Å². The lowest BCUT2D eigenvalue weighted by molar-refractivity contribution is -0.118. The number of piperidine rings is 1. The Labute approximate surface area is 146 Å². The van der Waals surface area contributed by atoms with Crippen molar-refractivity contribution in [3.8, 4) is 5.75 Å². The van der Waals surface area contributed by atoms with Gasteiger partial charge in [0.05, 0.1) is 16.8 Å². The van der Waals surface area contributed by atoms with E-state index in [9.17, 15) is 21.6 Å². The van der Waals surface area contributed by atoms with Gasteiger partial charge < -0.3 is 10.1 Å². The van der Waals surface area contributed by atoms with Crippen LogP contribution in [0, 0.1) is 0 Å². The number of nitrogens with zero attached hydrogens (tertiary/aromatic N) is 1. The van der Waals surface area contributed by atoms with Gasteiger partial charge in [0.25, 0.3) is 5.91 Å². The summed E-state index contributed by atoms with van der Waals surface area (Å²) in [5, 5.41) is 2.58. The van der Waals surface area contributed by atoms with Gasteiger partial charge in [0.2, 0.25) is 20.0 Å². The number of nitrogens with one attached hydrogen (secondary N) is 2. The van der Waals surface area contributed by atoms with E-state index in [1.807, 2.05) is 0 Å². The maximum absolute atomic E-state index is 12.8. The average molecular weight is 389 g/mol. The van der Waals surface area contributed by atoms with Gasteiger partial charge in [-0.25, -0.2) is 21.6 Å². The molecule has 0 aromatic heterocycles. The summed E-state index contributed by atoms with van der Waals surface area (Å²) in [6.45, 7) is 0.338. The zero-order valence-electron chi connectivity index (χ0n) is 13.6. The second-order valence-electron chi connectivity index (χ2n) is 6.06. The predicted octanol–water partition coefficient (Wildman–Crippen LogP) is -0.280. The summed E-state index contributed by atoms with van der Waals surface area (Å²) in [7, 11) is -7.05. The van der Waals surface area contributed by atoms with Gasteiger partial charge in [-0.1, -0.05) is 0 Å². The van der Waals surface area contributed by atoms with Crippen LogP contribution in [0.5, 0.6) is 5.75 Å². The molecule has 1 amide bonds. The van der Waals surface area contributed by atoms with E-state index in [0.717, 1.165) is 6.26 Å². The van der Waals surface area contributed by atoms with Crippen molar-refractivity contribution in [2.45, 2.75) is 23.8 Å². The molecule has 0 aliphatic carbocycles. The molecule has 0 unspecified atom stereocenters. The van der Waals surface area contributed by atoms with Gasteiger partial charge in [0.15, 0.2) is 6.61 Å². The van der Waals surface area contributed by atoms with Crippen molar-refractivity contribution in [1.29, 1.82) is 0 Å². The van der Waals surface area contributed by atoms with Crippen molar-refractivity contribution >= 4 is 31.6 Å². The Hall–Kier alpha value is -1.69. The van der Waals surface area contributed by atoms with E-state index >= 15 is 0 Å². The number of anilines is 1. The van der Waals surface area contributed by atoms with E-state index in [-0.39, 0.29) is 36.5 Å². The molecule has 0 spiro atoms. The molecule has 2 aliphatic rings. The van der Waals surface area contributed by atoms with E-state index in [4.69, 9.17) is 4.74 Å². The first kappa shape index (κ1) is 18.1. The molecule has 11 heteroatoms. The average Bonchev–Trinajstić information content (AvgIpc) is 2.53. The molecule has 0 radical (unpaired) electrons. The van der Waals surface area contributed by atoms with E-state index in [2.05, 4.69) is 10.0 Å². The lowest BCUT2D eigenvalue weighted by atomic mass is 10.1. The van der Waals surface area contributed by atoms with Crippen LogP contribution in [0.2, 0.25) is 0 Å². The zero-order valence-corrected chi connectivity index (χ0v) is 15.2. The van der Waals surface area contributed by atoms with Crippen LogP contribution in [0.15, 0.2) is 23.1 Å². The molecule has 2 heterocycles. The van der Waals surface area contributed by atoms with Crippen LogP contribution in [0.25, 0.3) is 0 Å². The number of sulfonamides is 2. The number of hydrogen-bond acceptors (Lipinski definition) is 6. The van der Waals surface area contributed by atoms with Crippen molar-refractivity contribution in [3.05, 3.63) is 18.2 Å². The first-order valence-corrected chi connectivity index (χ1v) is 11.0. The van der Waals surface area contributed by atoms with Crippen LogP contribution in [0.1, 0.15) is 12.8 Å². The lowest BCUT2D eigenvalue weighted by Gasteiger charge is -2.31. The number of amides is 1. The van der Waals surface area contributed by atoms with Crippen LogP contribution in [-0.4, -0.2) is 59.0 Å². The Balaban J connectivity index is 1.75. The Morgan fingerprint density at radius 3 is 2.52 bits per heavy atom. The molecular formula is C14H19N3O6S2. The summed E-state index contributed by atoms with van der Waals surface area (Å²) >= 11 is 0. The van der Waals surface area contributed by atoms with Gasteiger partial charge >= 0.3 is 0 Å². The highest BCUT2D eigenvalue weighted by atomic mass is 32.2. The number of carbonyl (C=O) groups excluding carboxylic acids is 1. The number of ether oxygens (including phenoxy) is 1. The minimum Gasteiger partial charge on any atom is -0.482 e. The third-order valence-corrected chi connectivity index (χ3v) is 6.71. The molecule has 1 aromatic carbocycles. The fraction of sp³-hybridized carbons (Fsp3) is 0.500. The Morgan fingerprint density at radius 2 is 1.88 bits per heavy atom. The number of fused-ring (bicyclic) bond motifs is 1. The molecule has 138 valence electrons. The molecule has 25 heavy (non-hydrogen) atoms. The molecule has 2 N–H and O–H groups in total. The Kier molecular flexibility index (Phi) is 4.75. The van der Waals surface area contributed by atoms with Gasteiger partial charge in [-0.3, -0.25) is 4.79 Å². The molecule has 0 bridgehead atoms. The second-order valence-corrected chi connectivity index (χ2v) is 9.78. The summed E-state index contributed by atoms with van der Waals surface area (Å²) < 4.78 is 57.2. The first-order valence-electron chi connectivity index (χ1n) is 7.69. The van der Waals surface area contributed by atoms with E-state index in [1.165, 1.54) is 22.5 Å². The Morgan fingerprint density at radius 1 is 1.20 bits per heavy atom. The smallest absolute Gasteiger partial charge is 0.262 e. The summed E-state index contributed by atoms with van der Waals surface area (Å²) in [6, 6.07) is 4.06. The van der Waals surface area contributed by atoms with E-state index < -0.39 is 20.0 Å². The van der Waals surface area contributed by atoms with Gasteiger partial charge in [0, 0.05) is 19.1 Å². The van der Waals surface area contributed by atoms with Crippen LogP contribution in [-0.2, 0) is 24.8 Å². The maximum atomic E-state index is 12.8. The monoisotopic (exact) mass is 389 g/mol. The SMILES string of the molecule is CS(=O)(=O)NC1CCN(S(=O)(=O)c2ccc3c(c2)NC(=O)CO3)CC1. The molecule has 1 aromatic rings. The molecular weight excluding hydrogens is 370 g/mol. The molecule has 1 saturated heterocycles. The Bertz CT molecular complexity index is 889. The molecule has 0 saturated carbocycles. The van der Waals surface area contributed by atoms with Crippen molar-refractivity contribution < 1.29 is 26.4 Å². The predicted molar refractivity (Wildman–Crippen MR) is 90.3 cm³/mol. The number of benzene rings is 1. The summed E-state index contributed by atoms with van der Waals surface area (Å²) in [5.74, 6) is 0.0873. The second kappa shape index (κ2) is 6.56. The highest BCUT2D eigenvalue weighted by molar-refractivity contribution is 7.89. The van der Waals surface area contributed by atoms with Crippen molar-refractivity contribution in [1.82, 2.24) is 9.03 Å². The molecule has 2 aliphatic heterocycles. The summed E-state index contributed by atoms with van der Waals surface area (Å²) in [4.78, 5) is 11.4. The molecule has 9 nitrogen and oxygen atoms in total. The fourth-order valence-corrected chi connectivity index (χ4v) is 5.23. The van der Waals surface area contributed by atoms with Gasteiger partial charge in [0.1, 0.15) is 5.75 Å². The van der Waals surface area contributed by atoms with Gasteiger partial charge in [-0.15, -0.1) is 0 Å².